The van der Waals surface area contributed by atoms with Gasteiger partial charge in [-0.2, -0.15) is 0 Å². The summed E-state index contributed by atoms with van der Waals surface area (Å²) < 4.78 is 21.0. The summed E-state index contributed by atoms with van der Waals surface area (Å²) in [6, 6.07) is 10.4. The highest BCUT2D eigenvalue weighted by atomic mass is 16.5. The summed E-state index contributed by atoms with van der Waals surface area (Å²) in [5, 5.41) is 2.86. The van der Waals surface area contributed by atoms with Gasteiger partial charge in [0.1, 0.15) is 23.0 Å². The van der Waals surface area contributed by atoms with Crippen molar-refractivity contribution in [2.75, 3.05) is 28.4 Å². The molecule has 0 fully saturated rings. The zero-order valence-corrected chi connectivity index (χ0v) is 14.2. The molecule has 0 saturated heterocycles. The number of ether oxygens (including phenoxy) is 4. The van der Waals surface area contributed by atoms with E-state index in [1.807, 2.05) is 0 Å². The van der Waals surface area contributed by atoms with E-state index in [0.717, 1.165) is 5.56 Å². The molecule has 0 saturated carbocycles. The van der Waals surface area contributed by atoms with E-state index < -0.39 is 0 Å². The molecule has 0 aliphatic heterocycles. The lowest BCUT2D eigenvalue weighted by molar-refractivity contribution is 0.0950. The fourth-order valence-corrected chi connectivity index (χ4v) is 2.27. The molecule has 0 bridgehead atoms. The van der Waals surface area contributed by atoms with Gasteiger partial charge >= 0.3 is 0 Å². The summed E-state index contributed by atoms with van der Waals surface area (Å²) in [6.45, 7) is 0.265. The van der Waals surface area contributed by atoms with Crippen LogP contribution >= 0.6 is 0 Å². The fraction of sp³-hybridized carbons (Fsp3) is 0.278. The molecular weight excluding hydrogens is 310 g/mol. The zero-order valence-electron chi connectivity index (χ0n) is 14.2. The van der Waals surface area contributed by atoms with Crippen LogP contribution in [0.5, 0.6) is 23.0 Å². The molecule has 2 aromatic carbocycles. The Morgan fingerprint density at radius 1 is 0.833 bits per heavy atom. The summed E-state index contributed by atoms with van der Waals surface area (Å²) in [6.07, 6.45) is 0. The first-order valence-electron chi connectivity index (χ1n) is 7.34. The Kier molecular flexibility index (Phi) is 5.89. The van der Waals surface area contributed by atoms with Gasteiger partial charge < -0.3 is 24.3 Å². The van der Waals surface area contributed by atoms with Gasteiger partial charge in [0.2, 0.25) is 0 Å². The minimum atomic E-state index is -0.197. The molecule has 0 aromatic heterocycles. The summed E-state index contributed by atoms with van der Waals surface area (Å²) in [7, 11) is 6.27. The summed E-state index contributed by atoms with van der Waals surface area (Å²) in [5.41, 5.74) is 1.28. The number of rotatable bonds is 7. The molecule has 2 rings (SSSR count). The Hall–Kier alpha value is -2.89. The summed E-state index contributed by atoms with van der Waals surface area (Å²) in [4.78, 5) is 12.3. The minimum absolute atomic E-state index is 0.197. The van der Waals surface area contributed by atoms with Gasteiger partial charge in [0.15, 0.2) is 0 Å². The number of nitrogens with one attached hydrogen (secondary N) is 1. The predicted molar refractivity (Wildman–Crippen MR) is 90.3 cm³/mol. The van der Waals surface area contributed by atoms with Crippen LogP contribution < -0.4 is 24.3 Å². The molecule has 1 N–H and O–H groups in total. The summed E-state index contributed by atoms with van der Waals surface area (Å²) >= 11 is 0. The Bertz CT molecular complexity index is 672. The molecule has 6 heteroatoms. The molecule has 24 heavy (non-hydrogen) atoms. The van der Waals surface area contributed by atoms with E-state index in [2.05, 4.69) is 5.32 Å². The average Bonchev–Trinajstić information content (AvgIpc) is 2.65. The topological polar surface area (TPSA) is 66.0 Å². The maximum absolute atomic E-state index is 12.3. The van der Waals surface area contributed by atoms with Crippen LogP contribution in [0.25, 0.3) is 0 Å². The monoisotopic (exact) mass is 331 g/mol. The molecule has 1 amide bonds. The molecule has 0 aliphatic carbocycles. The number of hydrogen-bond donors (Lipinski definition) is 1. The quantitative estimate of drug-likeness (QED) is 0.845. The molecule has 0 spiro atoms. The van der Waals surface area contributed by atoms with E-state index in [1.165, 1.54) is 0 Å². The van der Waals surface area contributed by atoms with E-state index >= 15 is 0 Å². The first kappa shape index (κ1) is 17.5. The van der Waals surface area contributed by atoms with Gasteiger partial charge in [0, 0.05) is 17.7 Å². The first-order chi connectivity index (χ1) is 11.6. The highest BCUT2D eigenvalue weighted by molar-refractivity contribution is 5.94. The average molecular weight is 331 g/mol. The van der Waals surface area contributed by atoms with Crippen LogP contribution in [0.1, 0.15) is 15.9 Å². The fourth-order valence-electron chi connectivity index (χ4n) is 2.27. The minimum Gasteiger partial charge on any atom is -0.497 e. The Labute approximate surface area is 141 Å². The highest BCUT2D eigenvalue weighted by Gasteiger charge is 2.15. The number of amides is 1. The van der Waals surface area contributed by atoms with Crippen LogP contribution in [0.3, 0.4) is 0 Å². The number of hydrogen-bond acceptors (Lipinski definition) is 5. The first-order valence-corrected chi connectivity index (χ1v) is 7.34. The van der Waals surface area contributed by atoms with Gasteiger partial charge in [-0.25, -0.2) is 0 Å². The van der Waals surface area contributed by atoms with Crippen molar-refractivity contribution in [3.63, 3.8) is 0 Å². The number of carbonyl (C=O) groups is 1. The lowest BCUT2D eigenvalue weighted by atomic mass is 10.1. The third-order valence-corrected chi connectivity index (χ3v) is 3.60. The van der Waals surface area contributed by atoms with Crippen molar-refractivity contribution in [2.24, 2.45) is 0 Å². The Morgan fingerprint density at radius 2 is 1.38 bits per heavy atom. The predicted octanol–water partition coefficient (Wildman–Crippen LogP) is 2.65. The Morgan fingerprint density at radius 3 is 1.83 bits per heavy atom. The van der Waals surface area contributed by atoms with Crippen LogP contribution in [-0.2, 0) is 6.54 Å². The number of methoxy groups -OCH3 is 4. The van der Waals surface area contributed by atoms with Crippen molar-refractivity contribution in [2.45, 2.75) is 6.54 Å². The standard InChI is InChI=1S/C18H21NO5/c1-21-13-7-5-12(6-8-13)18(20)19-11-15-16(23-3)9-14(22-2)10-17(15)24-4/h5-10H,11H2,1-4H3,(H,19,20). The third-order valence-electron chi connectivity index (χ3n) is 3.60. The smallest absolute Gasteiger partial charge is 0.251 e. The molecular formula is C18H21NO5. The molecule has 0 aliphatic rings. The van der Waals surface area contributed by atoms with Gasteiger partial charge in [-0.05, 0) is 24.3 Å². The lowest BCUT2D eigenvalue weighted by Gasteiger charge is -2.15. The largest absolute Gasteiger partial charge is 0.497 e. The van der Waals surface area contributed by atoms with Crippen LogP contribution in [0.15, 0.2) is 36.4 Å². The SMILES string of the molecule is COc1ccc(C(=O)NCc2c(OC)cc(OC)cc2OC)cc1. The normalized spacial score (nSPS) is 10.0. The molecule has 6 nitrogen and oxygen atoms in total. The van der Waals surface area contributed by atoms with Gasteiger partial charge in [0.05, 0.1) is 40.5 Å². The molecule has 2 aromatic rings. The van der Waals surface area contributed by atoms with Crippen molar-refractivity contribution in [1.82, 2.24) is 5.32 Å². The zero-order chi connectivity index (χ0) is 17.5. The molecule has 128 valence electrons. The van der Waals surface area contributed by atoms with Gasteiger partial charge in [0.25, 0.3) is 5.91 Å². The molecule has 0 unspecified atom stereocenters. The lowest BCUT2D eigenvalue weighted by Crippen LogP contribution is -2.23. The van der Waals surface area contributed by atoms with Crippen molar-refractivity contribution in [1.29, 1.82) is 0 Å². The van der Waals surface area contributed by atoms with E-state index in [4.69, 9.17) is 18.9 Å². The third kappa shape index (κ3) is 3.90. The van der Waals surface area contributed by atoms with E-state index in [-0.39, 0.29) is 12.5 Å². The second-order valence-corrected chi connectivity index (χ2v) is 4.92. The molecule has 0 radical (unpaired) electrons. The van der Waals surface area contributed by atoms with Crippen LogP contribution in [0.4, 0.5) is 0 Å². The maximum atomic E-state index is 12.3. The van der Waals surface area contributed by atoms with Gasteiger partial charge in [-0.15, -0.1) is 0 Å². The van der Waals surface area contributed by atoms with Crippen molar-refractivity contribution >= 4 is 5.91 Å². The van der Waals surface area contributed by atoms with Crippen LogP contribution in [0, 0.1) is 0 Å². The second-order valence-electron chi connectivity index (χ2n) is 4.92. The summed E-state index contributed by atoms with van der Waals surface area (Å²) in [5.74, 6) is 2.29. The van der Waals surface area contributed by atoms with Crippen molar-refractivity contribution in [3.8, 4) is 23.0 Å². The second kappa shape index (κ2) is 8.10. The van der Waals surface area contributed by atoms with E-state index in [1.54, 1.807) is 64.8 Å². The molecule has 0 heterocycles. The van der Waals surface area contributed by atoms with E-state index in [9.17, 15) is 4.79 Å². The van der Waals surface area contributed by atoms with Crippen LogP contribution in [0.2, 0.25) is 0 Å². The van der Waals surface area contributed by atoms with Crippen molar-refractivity contribution < 1.29 is 23.7 Å². The van der Waals surface area contributed by atoms with Gasteiger partial charge in [-0.1, -0.05) is 0 Å². The molecule has 0 atom stereocenters. The van der Waals surface area contributed by atoms with E-state index in [0.29, 0.717) is 28.6 Å². The number of benzene rings is 2. The van der Waals surface area contributed by atoms with Crippen LogP contribution in [-0.4, -0.2) is 34.3 Å². The van der Waals surface area contributed by atoms with Crippen molar-refractivity contribution in [3.05, 3.63) is 47.5 Å². The number of carbonyl (C=O) groups excluding carboxylic acids is 1. The van der Waals surface area contributed by atoms with Gasteiger partial charge in [-0.3, -0.25) is 4.79 Å². The highest BCUT2D eigenvalue weighted by Crippen LogP contribution is 2.33. The maximum Gasteiger partial charge on any atom is 0.251 e. The Balaban J connectivity index is 2.16.